The van der Waals surface area contributed by atoms with E-state index in [0.29, 0.717) is 6.42 Å². The molecule has 8 heteroatoms. The molecule has 8 nitrogen and oxygen atoms in total. The van der Waals surface area contributed by atoms with Crippen molar-refractivity contribution in [2.24, 2.45) is 11.8 Å². The molecule has 0 aliphatic carbocycles. The fourth-order valence-electron chi connectivity index (χ4n) is 3.63. The van der Waals surface area contributed by atoms with E-state index in [-0.39, 0.29) is 38.6 Å². The molecule has 1 aliphatic heterocycles. The molecule has 178 valence electrons. The number of hydrogen-bond acceptors (Lipinski definition) is 7. The van der Waals surface area contributed by atoms with Gasteiger partial charge in [-0.3, -0.25) is 14.4 Å². The zero-order valence-electron chi connectivity index (χ0n) is 19.2. The number of hydrogen-bond donors (Lipinski definition) is 1. The van der Waals surface area contributed by atoms with Gasteiger partial charge in [0, 0.05) is 5.92 Å². The van der Waals surface area contributed by atoms with E-state index in [0.717, 1.165) is 5.56 Å². The van der Waals surface area contributed by atoms with Crippen molar-refractivity contribution >= 4 is 17.9 Å². The van der Waals surface area contributed by atoms with E-state index in [1.165, 1.54) is 0 Å². The average molecular weight is 451 g/mol. The molecule has 1 N–H and O–H groups in total. The molecule has 0 amide bonds. The van der Waals surface area contributed by atoms with E-state index >= 15 is 0 Å². The van der Waals surface area contributed by atoms with Gasteiger partial charge in [0.2, 0.25) is 0 Å². The van der Waals surface area contributed by atoms with Crippen LogP contribution in [0, 0.1) is 11.8 Å². The molecule has 0 bridgehead atoms. The molecule has 4 atom stereocenters. The number of cyclic esters (lactones) is 1. The van der Waals surface area contributed by atoms with E-state index < -0.39 is 41.6 Å². The molecule has 1 aliphatic rings. The van der Waals surface area contributed by atoms with Crippen LogP contribution in [0.15, 0.2) is 30.3 Å². The van der Waals surface area contributed by atoms with E-state index in [1.54, 1.807) is 27.7 Å². The lowest BCUT2D eigenvalue weighted by molar-refractivity contribution is -0.169. The second-order valence-electron chi connectivity index (χ2n) is 9.10. The van der Waals surface area contributed by atoms with Crippen LogP contribution in [0.1, 0.15) is 46.1 Å². The summed E-state index contributed by atoms with van der Waals surface area (Å²) in [6.07, 6.45) is -0.891. The molecular weight excluding hydrogens is 416 g/mol. The molecular formula is C24H34O8. The number of carboxylic acids is 1. The first-order valence-electron chi connectivity index (χ1n) is 10.9. The molecule has 32 heavy (non-hydrogen) atoms. The monoisotopic (exact) mass is 450 g/mol. The summed E-state index contributed by atoms with van der Waals surface area (Å²) in [5.74, 6) is -2.98. The summed E-state index contributed by atoms with van der Waals surface area (Å²) in [6, 6.07) is 9.78. The molecule has 0 spiro atoms. The Morgan fingerprint density at radius 1 is 1.16 bits per heavy atom. The van der Waals surface area contributed by atoms with Crippen LogP contribution in [0.5, 0.6) is 0 Å². The summed E-state index contributed by atoms with van der Waals surface area (Å²) in [5, 5.41) is 8.96. The summed E-state index contributed by atoms with van der Waals surface area (Å²) >= 11 is 0. The van der Waals surface area contributed by atoms with E-state index in [9.17, 15) is 14.4 Å². The van der Waals surface area contributed by atoms with Gasteiger partial charge >= 0.3 is 17.9 Å². The minimum Gasteiger partial charge on any atom is -0.481 e. The van der Waals surface area contributed by atoms with Gasteiger partial charge in [0.15, 0.2) is 0 Å². The molecule has 2 rings (SSSR count). The lowest BCUT2D eigenvalue weighted by atomic mass is 9.91. The first-order chi connectivity index (χ1) is 15.0. The normalized spacial score (nSPS) is 24.6. The number of ether oxygens (including phenoxy) is 4. The zero-order chi connectivity index (χ0) is 23.7. The Morgan fingerprint density at radius 2 is 1.84 bits per heavy atom. The summed E-state index contributed by atoms with van der Waals surface area (Å²) in [4.78, 5) is 35.9. The van der Waals surface area contributed by atoms with Crippen LogP contribution >= 0.6 is 0 Å². The van der Waals surface area contributed by atoms with Crippen LogP contribution < -0.4 is 0 Å². The zero-order valence-corrected chi connectivity index (χ0v) is 19.2. The van der Waals surface area contributed by atoms with Crippen LogP contribution in [0.25, 0.3) is 0 Å². The Hall–Kier alpha value is -2.45. The molecule has 1 aromatic carbocycles. The average Bonchev–Trinajstić information content (AvgIpc) is 2.72. The highest BCUT2D eigenvalue weighted by Gasteiger charge is 2.36. The maximum absolute atomic E-state index is 12.8. The van der Waals surface area contributed by atoms with Crippen LogP contribution in [0.2, 0.25) is 0 Å². The number of aliphatic carboxylic acids is 1. The van der Waals surface area contributed by atoms with Crippen molar-refractivity contribution in [3.63, 3.8) is 0 Å². The van der Waals surface area contributed by atoms with E-state index in [1.807, 2.05) is 30.3 Å². The Morgan fingerprint density at radius 3 is 2.47 bits per heavy atom. The lowest BCUT2D eigenvalue weighted by Crippen LogP contribution is -2.40. The molecule has 1 fully saturated rings. The number of esters is 2. The number of benzene rings is 1. The van der Waals surface area contributed by atoms with Gasteiger partial charge in [0.25, 0.3) is 0 Å². The predicted octanol–water partition coefficient (Wildman–Crippen LogP) is 3.02. The highest BCUT2D eigenvalue weighted by Crippen LogP contribution is 2.25. The summed E-state index contributed by atoms with van der Waals surface area (Å²) in [7, 11) is 0. The number of rotatable bonds is 8. The fourth-order valence-corrected chi connectivity index (χ4v) is 3.63. The van der Waals surface area contributed by atoms with Gasteiger partial charge in [-0.15, -0.1) is 0 Å². The van der Waals surface area contributed by atoms with Gasteiger partial charge in [0.1, 0.15) is 11.7 Å². The fraction of sp³-hybridized carbons (Fsp3) is 0.625. The third kappa shape index (κ3) is 8.96. The highest BCUT2D eigenvalue weighted by molar-refractivity contribution is 5.80. The van der Waals surface area contributed by atoms with Crippen LogP contribution in [0.4, 0.5) is 0 Å². The molecule has 0 radical (unpaired) electrons. The van der Waals surface area contributed by atoms with E-state index in [4.69, 9.17) is 24.1 Å². The maximum atomic E-state index is 12.8. The Kier molecular flexibility index (Phi) is 9.65. The standard InChI is InChI=1S/C24H34O8/c1-16-22(30-11-10-20(25)26)18(12-17-8-6-5-7-9-17)14-29-15-19(23(28)31-16)13-21(27)32-24(2,3)4/h5-9,16,18-19,22H,10-15H2,1-4H3,(H,25,26)/t16-,18-,19-,22-/m0/s1. The van der Waals surface area contributed by atoms with Crippen molar-refractivity contribution in [1.29, 1.82) is 0 Å². The van der Waals surface area contributed by atoms with E-state index in [2.05, 4.69) is 0 Å². The van der Waals surface area contributed by atoms with Gasteiger partial charge in [-0.1, -0.05) is 30.3 Å². The Balaban J connectivity index is 2.15. The van der Waals surface area contributed by atoms with Gasteiger partial charge in [0.05, 0.1) is 44.7 Å². The third-order valence-electron chi connectivity index (χ3n) is 5.01. The van der Waals surface area contributed by atoms with Gasteiger partial charge < -0.3 is 24.1 Å². The SMILES string of the molecule is C[C@@H]1OC(=O)[C@@H](CC(=O)OC(C)(C)C)COC[C@H](Cc2ccccc2)[C@H]1OCCC(=O)O. The van der Waals surface area contributed by atoms with Gasteiger partial charge in [-0.2, -0.15) is 0 Å². The maximum Gasteiger partial charge on any atom is 0.312 e. The van der Waals surface area contributed by atoms with Crippen molar-refractivity contribution in [2.45, 2.75) is 64.8 Å². The summed E-state index contributed by atoms with van der Waals surface area (Å²) in [6.45, 7) is 7.30. The second-order valence-corrected chi connectivity index (χ2v) is 9.10. The number of carbonyl (C=O) groups excluding carboxylic acids is 2. The molecule has 0 aromatic heterocycles. The largest absolute Gasteiger partial charge is 0.481 e. The van der Waals surface area contributed by atoms with Crippen LogP contribution in [-0.2, 0) is 39.8 Å². The minimum absolute atomic E-state index is 0.00544. The first-order valence-corrected chi connectivity index (χ1v) is 10.9. The van der Waals surface area contributed by atoms with Gasteiger partial charge in [-0.05, 0) is 39.7 Å². The lowest BCUT2D eigenvalue weighted by Gasteiger charge is -2.30. The van der Waals surface area contributed by atoms with Crippen LogP contribution in [-0.4, -0.2) is 60.6 Å². The first kappa shape index (κ1) is 25.8. The molecule has 0 saturated carbocycles. The third-order valence-corrected chi connectivity index (χ3v) is 5.01. The summed E-state index contributed by atoms with van der Waals surface area (Å²) in [5.41, 5.74) is 0.410. The number of carboxylic acid groups (broad SMARTS) is 1. The topological polar surface area (TPSA) is 108 Å². The molecule has 1 heterocycles. The van der Waals surface area contributed by atoms with Crippen molar-refractivity contribution in [3.8, 4) is 0 Å². The smallest absolute Gasteiger partial charge is 0.312 e. The molecule has 1 saturated heterocycles. The Labute approximate surface area is 189 Å². The summed E-state index contributed by atoms with van der Waals surface area (Å²) < 4.78 is 22.7. The van der Waals surface area contributed by atoms with Crippen molar-refractivity contribution in [3.05, 3.63) is 35.9 Å². The highest BCUT2D eigenvalue weighted by atomic mass is 16.6. The Bertz CT molecular complexity index is 755. The van der Waals surface area contributed by atoms with Crippen molar-refractivity contribution in [1.82, 2.24) is 0 Å². The van der Waals surface area contributed by atoms with Crippen molar-refractivity contribution < 1.29 is 38.4 Å². The van der Waals surface area contributed by atoms with Crippen molar-refractivity contribution in [2.75, 3.05) is 19.8 Å². The quantitative estimate of drug-likeness (QED) is 0.602. The molecule has 0 unspecified atom stereocenters. The number of carbonyl (C=O) groups is 3. The second kappa shape index (κ2) is 12.0. The minimum atomic E-state index is -0.967. The van der Waals surface area contributed by atoms with Gasteiger partial charge in [-0.25, -0.2) is 0 Å². The molecule has 1 aromatic rings. The van der Waals surface area contributed by atoms with Crippen LogP contribution in [0.3, 0.4) is 0 Å². The predicted molar refractivity (Wildman–Crippen MR) is 116 cm³/mol.